The molecule has 10 heavy (non-hydrogen) atoms. The topological polar surface area (TPSA) is 37.3 Å². The van der Waals surface area contributed by atoms with E-state index in [-0.39, 0.29) is 6.10 Å². The van der Waals surface area contributed by atoms with Gasteiger partial charge in [-0.1, -0.05) is 12.2 Å². The van der Waals surface area contributed by atoms with E-state index < -0.39 is 0 Å². The number of aldehydes is 1. The van der Waals surface area contributed by atoms with Crippen LogP contribution in [0, 0.1) is 0 Å². The third-order valence-electron chi connectivity index (χ3n) is 1.11. The first-order valence-electron chi connectivity index (χ1n) is 3.55. The van der Waals surface area contributed by atoms with Crippen LogP contribution in [0.3, 0.4) is 0 Å². The van der Waals surface area contributed by atoms with Gasteiger partial charge in [-0.25, -0.2) is 0 Å². The van der Waals surface area contributed by atoms with Gasteiger partial charge in [0.15, 0.2) is 0 Å². The first-order valence-corrected chi connectivity index (χ1v) is 3.55. The summed E-state index contributed by atoms with van der Waals surface area (Å²) >= 11 is 0. The van der Waals surface area contributed by atoms with Gasteiger partial charge in [0, 0.05) is 6.42 Å². The Hall–Kier alpha value is -0.630. The van der Waals surface area contributed by atoms with Crippen molar-refractivity contribution in [1.29, 1.82) is 0 Å². The summed E-state index contributed by atoms with van der Waals surface area (Å²) in [6.07, 6.45) is 6.55. The molecule has 1 N–H and O–H groups in total. The summed E-state index contributed by atoms with van der Waals surface area (Å²) in [5.74, 6) is 0. The summed E-state index contributed by atoms with van der Waals surface area (Å²) in [5, 5.41) is 8.75. The highest BCUT2D eigenvalue weighted by Gasteiger charge is 1.84. The van der Waals surface area contributed by atoms with Crippen molar-refractivity contribution in [2.24, 2.45) is 0 Å². The van der Waals surface area contributed by atoms with Crippen molar-refractivity contribution in [3.8, 4) is 0 Å². The van der Waals surface area contributed by atoms with Crippen molar-refractivity contribution >= 4 is 6.29 Å². The van der Waals surface area contributed by atoms with Crippen LogP contribution in [0.5, 0.6) is 0 Å². The maximum absolute atomic E-state index is 9.83. The van der Waals surface area contributed by atoms with Crippen molar-refractivity contribution in [3.63, 3.8) is 0 Å². The van der Waals surface area contributed by atoms with Crippen LogP contribution in [0.1, 0.15) is 26.2 Å². The van der Waals surface area contributed by atoms with E-state index in [2.05, 4.69) is 0 Å². The molecular weight excluding hydrogens is 128 g/mol. The van der Waals surface area contributed by atoms with Gasteiger partial charge >= 0.3 is 0 Å². The minimum absolute atomic E-state index is 0.365. The van der Waals surface area contributed by atoms with Gasteiger partial charge in [-0.15, -0.1) is 0 Å². The van der Waals surface area contributed by atoms with Crippen molar-refractivity contribution in [2.45, 2.75) is 32.3 Å². The highest BCUT2D eigenvalue weighted by Crippen LogP contribution is 1.94. The molecule has 2 nitrogen and oxygen atoms in total. The molecule has 2 heteroatoms. The Balaban J connectivity index is 3.10. The van der Waals surface area contributed by atoms with Gasteiger partial charge in [0.25, 0.3) is 0 Å². The van der Waals surface area contributed by atoms with Crippen LogP contribution in [0.4, 0.5) is 0 Å². The molecular formula is C8H14O2. The second-order valence-electron chi connectivity index (χ2n) is 2.27. The van der Waals surface area contributed by atoms with E-state index in [0.717, 1.165) is 19.1 Å². The fourth-order valence-corrected chi connectivity index (χ4v) is 0.612. The highest BCUT2D eigenvalue weighted by atomic mass is 16.3. The number of unbranched alkanes of at least 4 members (excludes halogenated alkanes) is 2. The number of aliphatic hydroxyl groups excluding tert-OH is 1. The maximum Gasteiger partial charge on any atom is 0.120 e. The molecule has 0 aliphatic rings. The maximum atomic E-state index is 9.83. The average molecular weight is 142 g/mol. The Labute approximate surface area is 61.6 Å². The van der Waals surface area contributed by atoms with Crippen LogP contribution in [0.25, 0.3) is 0 Å². The van der Waals surface area contributed by atoms with Crippen molar-refractivity contribution in [3.05, 3.63) is 12.2 Å². The molecule has 0 saturated heterocycles. The second kappa shape index (κ2) is 6.49. The number of carbonyl (C=O) groups is 1. The highest BCUT2D eigenvalue weighted by molar-refractivity contribution is 5.48. The van der Waals surface area contributed by atoms with E-state index in [9.17, 15) is 4.79 Å². The minimum Gasteiger partial charge on any atom is -0.389 e. The van der Waals surface area contributed by atoms with E-state index in [4.69, 9.17) is 5.11 Å². The minimum atomic E-state index is -0.365. The van der Waals surface area contributed by atoms with E-state index >= 15 is 0 Å². The molecule has 0 saturated carbocycles. The molecule has 0 aliphatic heterocycles. The van der Waals surface area contributed by atoms with Crippen molar-refractivity contribution in [2.75, 3.05) is 0 Å². The van der Waals surface area contributed by atoms with Gasteiger partial charge in [0.2, 0.25) is 0 Å². The van der Waals surface area contributed by atoms with Crippen molar-refractivity contribution in [1.82, 2.24) is 0 Å². The second-order valence-corrected chi connectivity index (χ2v) is 2.27. The van der Waals surface area contributed by atoms with E-state index in [1.807, 2.05) is 6.08 Å². The Kier molecular flexibility index (Phi) is 6.08. The molecule has 0 amide bonds. The summed E-state index contributed by atoms with van der Waals surface area (Å²) in [7, 11) is 0. The third kappa shape index (κ3) is 7.37. The van der Waals surface area contributed by atoms with Gasteiger partial charge in [0.1, 0.15) is 6.29 Å². The Morgan fingerprint density at radius 1 is 1.50 bits per heavy atom. The molecule has 0 heterocycles. The molecule has 58 valence electrons. The van der Waals surface area contributed by atoms with Crippen molar-refractivity contribution < 1.29 is 9.90 Å². The predicted molar refractivity (Wildman–Crippen MR) is 40.7 cm³/mol. The molecule has 1 atom stereocenters. The Morgan fingerprint density at radius 3 is 2.70 bits per heavy atom. The normalized spacial score (nSPS) is 13.8. The number of allylic oxidation sites excluding steroid dienone is 1. The zero-order chi connectivity index (χ0) is 7.82. The van der Waals surface area contributed by atoms with Gasteiger partial charge < -0.3 is 9.90 Å². The Morgan fingerprint density at radius 2 is 2.20 bits per heavy atom. The molecule has 0 aromatic rings. The number of hydrogen-bond acceptors (Lipinski definition) is 2. The third-order valence-corrected chi connectivity index (χ3v) is 1.11. The summed E-state index contributed by atoms with van der Waals surface area (Å²) in [5.41, 5.74) is 0. The zero-order valence-corrected chi connectivity index (χ0v) is 6.29. The van der Waals surface area contributed by atoms with Crippen LogP contribution in [0.2, 0.25) is 0 Å². The summed E-state index contributed by atoms with van der Waals surface area (Å²) in [6, 6.07) is 0. The van der Waals surface area contributed by atoms with E-state index in [1.54, 1.807) is 13.0 Å². The number of rotatable bonds is 5. The smallest absolute Gasteiger partial charge is 0.120 e. The van der Waals surface area contributed by atoms with Gasteiger partial charge in [0.05, 0.1) is 6.10 Å². The van der Waals surface area contributed by atoms with Crippen LogP contribution in [-0.4, -0.2) is 17.5 Å². The number of carbonyl (C=O) groups excluding carboxylic acids is 1. The molecule has 0 rings (SSSR count). The molecule has 0 aromatic heterocycles. The number of aliphatic hydroxyl groups is 1. The quantitative estimate of drug-likeness (QED) is 0.357. The van der Waals surface area contributed by atoms with E-state index in [1.165, 1.54) is 0 Å². The van der Waals surface area contributed by atoms with Crippen LogP contribution < -0.4 is 0 Å². The van der Waals surface area contributed by atoms with Crippen LogP contribution >= 0.6 is 0 Å². The summed E-state index contributed by atoms with van der Waals surface area (Å²) in [6.45, 7) is 1.70. The molecule has 0 radical (unpaired) electrons. The fraction of sp³-hybridized carbons (Fsp3) is 0.625. The SMILES string of the molecule is C[C@@H](O)/C=C/CCCC=O. The standard InChI is InChI=1S/C8H14O2/c1-8(10)6-4-2-3-5-7-9/h4,6-8,10H,2-3,5H2,1H3/b6-4+/t8-/m1/s1. The fourth-order valence-electron chi connectivity index (χ4n) is 0.612. The Bertz CT molecular complexity index is 106. The molecule has 0 bridgehead atoms. The van der Waals surface area contributed by atoms with Crippen LogP contribution in [-0.2, 0) is 4.79 Å². The van der Waals surface area contributed by atoms with E-state index in [0.29, 0.717) is 6.42 Å². The lowest BCUT2D eigenvalue weighted by Gasteiger charge is -1.92. The lowest BCUT2D eigenvalue weighted by atomic mass is 10.2. The lowest BCUT2D eigenvalue weighted by molar-refractivity contribution is -0.107. The van der Waals surface area contributed by atoms with Crippen LogP contribution in [0.15, 0.2) is 12.2 Å². The van der Waals surface area contributed by atoms with Gasteiger partial charge in [-0.3, -0.25) is 0 Å². The molecule has 0 aliphatic carbocycles. The van der Waals surface area contributed by atoms with Gasteiger partial charge in [-0.2, -0.15) is 0 Å². The number of hydrogen-bond donors (Lipinski definition) is 1. The average Bonchev–Trinajstić information content (AvgIpc) is 1.87. The van der Waals surface area contributed by atoms with Gasteiger partial charge in [-0.05, 0) is 19.8 Å². The molecule has 0 fully saturated rings. The zero-order valence-electron chi connectivity index (χ0n) is 6.29. The summed E-state index contributed by atoms with van der Waals surface area (Å²) in [4.78, 5) is 9.83. The monoisotopic (exact) mass is 142 g/mol. The predicted octanol–water partition coefficient (Wildman–Crippen LogP) is 1.29. The largest absolute Gasteiger partial charge is 0.389 e. The molecule has 0 spiro atoms. The molecule has 0 aromatic carbocycles. The first kappa shape index (κ1) is 9.37. The molecule has 0 unspecified atom stereocenters. The first-order chi connectivity index (χ1) is 4.77. The lowest BCUT2D eigenvalue weighted by Crippen LogP contribution is -1.91. The summed E-state index contributed by atoms with van der Waals surface area (Å²) < 4.78 is 0.